The third kappa shape index (κ3) is 7.38. The highest BCUT2D eigenvalue weighted by molar-refractivity contribution is 7.92. The van der Waals surface area contributed by atoms with Crippen LogP contribution in [0.5, 0.6) is 0 Å². The number of cyclic esters (lactones) is 1. The second-order valence-electron chi connectivity index (χ2n) is 13.0. The number of aryl methyl sites for hydroxylation is 1. The number of hydrogen-bond donors (Lipinski definition) is 1. The molecule has 1 aliphatic carbocycles. The number of benzene rings is 2. The molecule has 3 heterocycles. The second-order valence-corrected chi connectivity index (χ2v) is 14.9. The quantitative estimate of drug-likeness (QED) is 0.181. The molecule has 3 amide bonds. The van der Waals surface area contributed by atoms with Crippen LogP contribution in [-0.2, 0) is 30.7 Å². The van der Waals surface area contributed by atoms with Gasteiger partial charge in [0.25, 0.3) is 5.91 Å². The Bertz CT molecular complexity index is 1990. The molecule has 50 heavy (non-hydrogen) atoms. The average molecular weight is 703 g/mol. The number of rotatable bonds is 14. The summed E-state index contributed by atoms with van der Waals surface area (Å²) in [5.74, 6) is -0.787. The van der Waals surface area contributed by atoms with Gasteiger partial charge in [-0.2, -0.15) is 4.98 Å². The van der Waals surface area contributed by atoms with E-state index in [1.54, 1.807) is 7.05 Å². The number of amides is 3. The fourth-order valence-corrected chi connectivity index (χ4v) is 7.46. The van der Waals surface area contributed by atoms with Crippen molar-refractivity contribution in [2.45, 2.75) is 51.0 Å². The van der Waals surface area contributed by atoms with Crippen molar-refractivity contribution in [3.63, 3.8) is 0 Å². The predicted octanol–water partition coefficient (Wildman–Crippen LogP) is 5.44. The van der Waals surface area contributed by atoms with Crippen LogP contribution in [0.2, 0.25) is 0 Å². The number of hydrogen-bond acceptors (Lipinski definition) is 9. The molecule has 13 heteroatoms. The molecule has 2 fully saturated rings. The van der Waals surface area contributed by atoms with Crippen molar-refractivity contribution in [1.29, 1.82) is 0 Å². The Kier molecular flexibility index (Phi) is 10.3. The maximum Gasteiger partial charge on any atom is 0.416 e. The zero-order valence-electron chi connectivity index (χ0n) is 28.7. The van der Waals surface area contributed by atoms with Crippen molar-refractivity contribution in [2.24, 2.45) is 5.92 Å². The molecule has 0 bridgehead atoms. The smallest absolute Gasteiger partial charge is 0.416 e. The lowest BCUT2D eigenvalue weighted by Gasteiger charge is -2.27. The molecule has 6 rings (SSSR count). The van der Waals surface area contributed by atoms with Crippen molar-refractivity contribution in [1.82, 2.24) is 15.2 Å². The van der Waals surface area contributed by atoms with Gasteiger partial charge in [0.2, 0.25) is 21.6 Å². The van der Waals surface area contributed by atoms with Gasteiger partial charge in [-0.05, 0) is 62.1 Å². The van der Waals surface area contributed by atoms with Gasteiger partial charge in [-0.1, -0.05) is 60.2 Å². The van der Waals surface area contributed by atoms with Crippen molar-refractivity contribution >= 4 is 44.8 Å². The van der Waals surface area contributed by atoms with Crippen molar-refractivity contribution < 1.29 is 36.7 Å². The van der Waals surface area contributed by atoms with Crippen LogP contribution in [0.3, 0.4) is 0 Å². The van der Waals surface area contributed by atoms with E-state index >= 15 is 0 Å². The van der Waals surface area contributed by atoms with Gasteiger partial charge in [0.1, 0.15) is 18.2 Å². The van der Waals surface area contributed by atoms with E-state index in [9.17, 15) is 22.8 Å². The zero-order valence-corrected chi connectivity index (χ0v) is 29.5. The summed E-state index contributed by atoms with van der Waals surface area (Å²) in [6, 6.07) is 18.5. The fourth-order valence-electron chi connectivity index (χ4n) is 6.54. The molecule has 1 aliphatic heterocycles. The lowest BCUT2D eigenvalue weighted by atomic mass is 10.00. The van der Waals surface area contributed by atoms with Gasteiger partial charge in [-0.3, -0.25) is 13.9 Å². The summed E-state index contributed by atoms with van der Waals surface area (Å²) < 4.78 is 44.9. The lowest BCUT2D eigenvalue weighted by Crippen LogP contribution is -2.45. The highest BCUT2D eigenvalue weighted by atomic mass is 32.2. The molecule has 0 spiro atoms. The minimum absolute atomic E-state index is 0.0241. The maximum absolute atomic E-state index is 13.8. The Morgan fingerprint density at radius 2 is 1.84 bits per heavy atom. The number of carbonyl (C=O) groups excluding carboxylic acids is 3. The lowest BCUT2D eigenvalue weighted by molar-refractivity contribution is -0.135. The number of ether oxygens (including phenoxy) is 2. The monoisotopic (exact) mass is 702 g/mol. The van der Waals surface area contributed by atoms with E-state index in [1.807, 2.05) is 67.6 Å². The first kappa shape index (κ1) is 35.1. The Morgan fingerprint density at radius 1 is 1.12 bits per heavy atom. The van der Waals surface area contributed by atoms with Crippen LogP contribution < -0.4 is 9.62 Å². The predicted molar refractivity (Wildman–Crippen MR) is 188 cm³/mol. The number of methoxy groups -OCH3 is 1. The summed E-state index contributed by atoms with van der Waals surface area (Å²) >= 11 is 0. The number of carbonyl (C=O) groups is 3. The molecule has 1 saturated heterocycles. The van der Waals surface area contributed by atoms with Crippen LogP contribution in [0.25, 0.3) is 22.4 Å². The maximum atomic E-state index is 13.8. The van der Waals surface area contributed by atoms with Crippen LogP contribution >= 0.6 is 0 Å². The summed E-state index contributed by atoms with van der Waals surface area (Å²) in [6.07, 6.45) is 3.13. The highest BCUT2D eigenvalue weighted by Gasteiger charge is 2.41. The van der Waals surface area contributed by atoms with E-state index < -0.39 is 34.0 Å². The van der Waals surface area contributed by atoms with E-state index in [0.29, 0.717) is 28.7 Å². The van der Waals surface area contributed by atoms with Crippen LogP contribution in [0.4, 0.5) is 10.6 Å². The van der Waals surface area contributed by atoms with Crippen LogP contribution in [0, 0.1) is 12.8 Å². The molecule has 2 aromatic heterocycles. The molecule has 0 radical (unpaired) electrons. The van der Waals surface area contributed by atoms with E-state index in [-0.39, 0.29) is 56.0 Å². The second kappa shape index (κ2) is 14.6. The first-order valence-corrected chi connectivity index (χ1v) is 18.6. The van der Waals surface area contributed by atoms with E-state index in [0.717, 1.165) is 35.8 Å². The Labute approximate surface area is 291 Å². The first-order chi connectivity index (χ1) is 24.0. The van der Waals surface area contributed by atoms with Crippen LogP contribution in [0.15, 0.2) is 65.1 Å². The fraction of sp³-hybridized carbons (Fsp3) is 0.405. The summed E-state index contributed by atoms with van der Waals surface area (Å²) in [7, 11) is -0.815. The van der Waals surface area contributed by atoms with Gasteiger partial charge in [0, 0.05) is 26.3 Å². The molecule has 1 saturated carbocycles. The minimum Gasteiger partial charge on any atom is -0.447 e. The van der Waals surface area contributed by atoms with E-state index in [1.165, 1.54) is 16.3 Å². The van der Waals surface area contributed by atoms with Gasteiger partial charge in [-0.15, -0.1) is 0 Å². The number of sulfonamides is 1. The number of furan rings is 1. The van der Waals surface area contributed by atoms with Crippen molar-refractivity contribution in [3.8, 4) is 11.3 Å². The number of nitrogens with zero attached hydrogens (tertiary/aromatic N) is 3. The Morgan fingerprint density at radius 3 is 2.48 bits per heavy atom. The Hall–Kier alpha value is -4.75. The first-order valence-electron chi connectivity index (χ1n) is 16.8. The number of nitrogens with one attached hydrogen (secondary N) is 1. The molecule has 4 aromatic rings. The molecule has 1 N–H and O–H groups in total. The largest absolute Gasteiger partial charge is 0.447 e. The number of anilines is 1. The van der Waals surface area contributed by atoms with Gasteiger partial charge in [0.15, 0.2) is 0 Å². The SMILES string of the molecule is CNC(=O)c1c(-c2ccc(C)cc2)oc2nc(N(CCC[C@H](COC)C(=O)N3C(=O)OC[C@@H]3Cc3ccccc3)S(C)(=O)=O)c(C3CC3)cc12. The highest BCUT2D eigenvalue weighted by Crippen LogP contribution is 2.47. The number of imide groups is 1. The normalized spacial score (nSPS) is 16.8. The summed E-state index contributed by atoms with van der Waals surface area (Å²) in [5, 5.41) is 3.21. The van der Waals surface area contributed by atoms with Gasteiger partial charge < -0.3 is 19.2 Å². The van der Waals surface area contributed by atoms with Gasteiger partial charge in [0.05, 0.1) is 35.8 Å². The Balaban J connectivity index is 1.28. The third-order valence-corrected chi connectivity index (χ3v) is 10.4. The molecular formula is C37H42N4O8S. The molecule has 12 nitrogen and oxygen atoms in total. The van der Waals surface area contributed by atoms with Crippen LogP contribution in [0.1, 0.15) is 58.6 Å². The average Bonchev–Trinajstić information content (AvgIpc) is 3.79. The molecule has 0 unspecified atom stereocenters. The summed E-state index contributed by atoms with van der Waals surface area (Å²) in [6.45, 7) is 2.14. The molecule has 264 valence electrons. The van der Waals surface area contributed by atoms with Gasteiger partial charge >= 0.3 is 6.09 Å². The number of fused-ring (bicyclic) bond motifs is 1. The third-order valence-electron chi connectivity index (χ3n) is 9.26. The number of pyridine rings is 1. The number of aromatic nitrogens is 1. The van der Waals surface area contributed by atoms with E-state index in [2.05, 4.69) is 5.32 Å². The molecule has 2 aliphatic rings. The van der Waals surface area contributed by atoms with Crippen LogP contribution in [-0.4, -0.2) is 82.4 Å². The molecule has 2 aromatic carbocycles. The van der Waals surface area contributed by atoms with Gasteiger partial charge in [-0.25, -0.2) is 18.1 Å². The molecular weight excluding hydrogens is 660 g/mol. The van der Waals surface area contributed by atoms with E-state index in [4.69, 9.17) is 18.9 Å². The minimum atomic E-state index is -3.85. The zero-order chi connectivity index (χ0) is 35.6. The van der Waals surface area contributed by atoms with Crippen molar-refractivity contribution in [2.75, 3.05) is 44.5 Å². The standard InChI is InChI=1S/C37H42N4O8S/c1-23-12-14-26(15-13-23)32-31(34(42)38-2)30-20-29(25-16-17-25)33(39-35(30)49-32)40(50(4,45)46)18-8-11-27(21-47-3)36(43)41-28(22-48-37(41)44)19-24-9-6-5-7-10-24/h5-7,9-10,12-15,20,25,27-28H,8,11,16-19,21-22H2,1-4H3,(H,38,42)/t27-,28+/m1/s1. The van der Waals surface area contributed by atoms with Crippen molar-refractivity contribution in [3.05, 3.63) is 82.9 Å². The topological polar surface area (TPSA) is 148 Å². The summed E-state index contributed by atoms with van der Waals surface area (Å²) in [5.41, 5.74) is 3.93. The molecule has 2 atom stereocenters. The summed E-state index contributed by atoms with van der Waals surface area (Å²) in [4.78, 5) is 45.7.